The third kappa shape index (κ3) is 4.33. The number of carbonyl (C=O) groups excluding carboxylic acids is 3. The highest BCUT2D eigenvalue weighted by atomic mass is 16.6. The average Bonchev–Trinajstić information content (AvgIpc) is 2.91. The van der Waals surface area contributed by atoms with Crippen LogP contribution >= 0.6 is 0 Å². The Balaban J connectivity index is 2.55. The van der Waals surface area contributed by atoms with Crippen LogP contribution < -0.4 is 14.8 Å². The molecule has 0 radical (unpaired) electrons. The Hall–Kier alpha value is -3.03. The molecule has 0 fully saturated rings. The maximum Gasteiger partial charge on any atom is 0.418 e. The Labute approximate surface area is 151 Å². The summed E-state index contributed by atoms with van der Waals surface area (Å²) in [6, 6.07) is 3.26. The third-order valence-corrected chi connectivity index (χ3v) is 3.66. The molecule has 8 nitrogen and oxygen atoms in total. The molecule has 0 aliphatic heterocycles. The number of hydrogen-bond donors (Lipinski definition) is 1. The van der Waals surface area contributed by atoms with Crippen molar-refractivity contribution in [2.45, 2.75) is 27.2 Å². The maximum atomic E-state index is 12.3. The number of methoxy groups -OCH3 is 1. The molecule has 0 bridgehead atoms. The first-order valence-corrected chi connectivity index (χ1v) is 8.19. The summed E-state index contributed by atoms with van der Waals surface area (Å²) < 4.78 is 16.9. The van der Waals surface area contributed by atoms with E-state index in [-0.39, 0.29) is 18.3 Å². The van der Waals surface area contributed by atoms with Crippen LogP contribution in [0.15, 0.2) is 18.3 Å². The number of aromatic nitrogens is 1. The number of esters is 1. The van der Waals surface area contributed by atoms with Crippen LogP contribution in [0.1, 0.15) is 26.3 Å². The van der Waals surface area contributed by atoms with Crippen molar-refractivity contribution in [2.75, 3.05) is 20.3 Å². The van der Waals surface area contributed by atoms with Gasteiger partial charge in [0.05, 0.1) is 19.2 Å². The molecule has 1 amide bonds. The minimum absolute atomic E-state index is 0.131. The summed E-state index contributed by atoms with van der Waals surface area (Å²) in [6.07, 6.45) is 1.63. The van der Waals surface area contributed by atoms with E-state index in [1.54, 1.807) is 25.3 Å². The molecule has 0 aliphatic rings. The fourth-order valence-corrected chi connectivity index (χ4v) is 2.61. The molecule has 26 heavy (non-hydrogen) atoms. The number of fused-ring (bicyclic) bond motifs is 1. The fraction of sp³-hybridized carbons (Fsp3) is 0.389. The normalized spacial score (nSPS) is 10.5. The lowest BCUT2D eigenvalue weighted by atomic mass is 10.1. The molecule has 140 valence electrons. The van der Waals surface area contributed by atoms with Gasteiger partial charge in [0.1, 0.15) is 0 Å². The van der Waals surface area contributed by atoms with Gasteiger partial charge in [-0.25, -0.2) is 4.79 Å². The summed E-state index contributed by atoms with van der Waals surface area (Å²) in [4.78, 5) is 34.7. The molecule has 2 rings (SSSR count). The van der Waals surface area contributed by atoms with Crippen LogP contribution in [0.4, 0.5) is 4.79 Å². The van der Waals surface area contributed by atoms with Gasteiger partial charge in [0, 0.05) is 38.0 Å². The highest BCUT2D eigenvalue weighted by Gasteiger charge is 2.19. The van der Waals surface area contributed by atoms with E-state index in [9.17, 15) is 14.4 Å². The highest BCUT2D eigenvalue weighted by Crippen LogP contribution is 2.35. The molecule has 0 saturated heterocycles. The van der Waals surface area contributed by atoms with Gasteiger partial charge in [-0.05, 0) is 25.0 Å². The molecule has 0 saturated carbocycles. The van der Waals surface area contributed by atoms with E-state index < -0.39 is 12.1 Å². The maximum absolute atomic E-state index is 12.3. The van der Waals surface area contributed by atoms with Gasteiger partial charge in [0.2, 0.25) is 5.91 Å². The lowest BCUT2D eigenvalue weighted by molar-refractivity contribution is -0.132. The van der Waals surface area contributed by atoms with Crippen LogP contribution in [0, 0.1) is 0 Å². The van der Waals surface area contributed by atoms with E-state index in [2.05, 4.69) is 5.32 Å². The third-order valence-electron chi connectivity index (χ3n) is 3.66. The number of rotatable bonds is 6. The first-order valence-electron chi connectivity index (χ1n) is 8.19. The monoisotopic (exact) mass is 362 g/mol. The number of hydrogen-bond acceptors (Lipinski definition) is 6. The van der Waals surface area contributed by atoms with Gasteiger partial charge in [-0.2, -0.15) is 0 Å². The van der Waals surface area contributed by atoms with E-state index in [0.717, 1.165) is 10.9 Å². The number of nitrogens with one attached hydrogen (secondary N) is 1. The van der Waals surface area contributed by atoms with Gasteiger partial charge in [0.25, 0.3) is 0 Å². The van der Waals surface area contributed by atoms with Crippen molar-refractivity contribution >= 4 is 28.9 Å². The molecular formula is C18H22N2O6. The number of nitrogens with zero attached hydrogens (tertiary/aromatic N) is 1. The van der Waals surface area contributed by atoms with E-state index in [4.69, 9.17) is 14.2 Å². The minimum Gasteiger partial charge on any atom is -0.493 e. The summed E-state index contributed by atoms with van der Waals surface area (Å²) in [6.45, 7) is 5.09. The van der Waals surface area contributed by atoms with Crippen molar-refractivity contribution in [3.05, 3.63) is 23.9 Å². The van der Waals surface area contributed by atoms with Crippen molar-refractivity contribution in [3.8, 4) is 11.5 Å². The quantitative estimate of drug-likeness (QED) is 0.625. The number of ether oxygens (including phenoxy) is 3. The zero-order valence-electron chi connectivity index (χ0n) is 15.3. The van der Waals surface area contributed by atoms with Gasteiger partial charge in [-0.1, -0.05) is 0 Å². The van der Waals surface area contributed by atoms with Crippen LogP contribution in [0.5, 0.6) is 11.5 Å². The smallest absolute Gasteiger partial charge is 0.418 e. The second kappa shape index (κ2) is 8.37. The number of amides is 1. The predicted molar refractivity (Wildman–Crippen MR) is 94.6 cm³/mol. The largest absolute Gasteiger partial charge is 0.493 e. The Morgan fingerprint density at radius 1 is 1.15 bits per heavy atom. The standard InChI is InChI=1S/C18H22N2O6/c1-5-25-18(23)20-10-13(6-7-19-11(2)21)14-8-16(24-4)17(9-15(14)20)26-12(3)22/h8-10H,5-7H2,1-4H3,(H,19,21). The summed E-state index contributed by atoms with van der Waals surface area (Å²) in [5.41, 5.74) is 1.35. The molecule has 0 unspecified atom stereocenters. The molecule has 1 aromatic carbocycles. The van der Waals surface area contributed by atoms with Crippen LogP contribution in [-0.2, 0) is 20.7 Å². The molecule has 8 heteroatoms. The number of benzene rings is 1. The molecule has 1 N–H and O–H groups in total. The Kier molecular flexibility index (Phi) is 6.21. The Morgan fingerprint density at radius 2 is 1.88 bits per heavy atom. The topological polar surface area (TPSA) is 95.9 Å². The van der Waals surface area contributed by atoms with Gasteiger partial charge >= 0.3 is 12.1 Å². The summed E-state index contributed by atoms with van der Waals surface area (Å²) in [7, 11) is 1.47. The first kappa shape index (κ1) is 19.3. The highest BCUT2D eigenvalue weighted by molar-refractivity contribution is 5.94. The van der Waals surface area contributed by atoms with Gasteiger partial charge in [0.15, 0.2) is 11.5 Å². The van der Waals surface area contributed by atoms with Crippen molar-refractivity contribution in [1.29, 1.82) is 0 Å². The number of carbonyl (C=O) groups is 3. The lowest BCUT2D eigenvalue weighted by Gasteiger charge is -2.10. The average molecular weight is 362 g/mol. The SMILES string of the molecule is CCOC(=O)n1cc(CCNC(C)=O)c2cc(OC)c(OC(C)=O)cc21. The van der Waals surface area contributed by atoms with E-state index in [1.165, 1.54) is 25.5 Å². The van der Waals surface area contributed by atoms with Gasteiger partial charge < -0.3 is 19.5 Å². The molecule has 1 heterocycles. The van der Waals surface area contributed by atoms with Crippen molar-refractivity contribution in [1.82, 2.24) is 9.88 Å². The molecule has 0 aliphatic carbocycles. The van der Waals surface area contributed by atoms with Crippen molar-refractivity contribution in [2.24, 2.45) is 0 Å². The van der Waals surface area contributed by atoms with Gasteiger partial charge in [-0.15, -0.1) is 0 Å². The Morgan fingerprint density at radius 3 is 2.46 bits per heavy atom. The van der Waals surface area contributed by atoms with Crippen LogP contribution in [0.3, 0.4) is 0 Å². The minimum atomic E-state index is -0.540. The summed E-state index contributed by atoms with van der Waals surface area (Å²) >= 11 is 0. The molecule has 2 aromatic rings. The molecule has 0 spiro atoms. The molecule has 0 atom stereocenters. The van der Waals surface area contributed by atoms with Crippen LogP contribution in [0.2, 0.25) is 0 Å². The van der Waals surface area contributed by atoms with Gasteiger partial charge in [-0.3, -0.25) is 14.2 Å². The van der Waals surface area contributed by atoms with E-state index >= 15 is 0 Å². The fourth-order valence-electron chi connectivity index (χ4n) is 2.61. The molecule has 1 aromatic heterocycles. The predicted octanol–water partition coefficient (Wildman–Crippen LogP) is 2.26. The zero-order valence-corrected chi connectivity index (χ0v) is 15.3. The van der Waals surface area contributed by atoms with Crippen molar-refractivity contribution < 1.29 is 28.6 Å². The lowest BCUT2D eigenvalue weighted by Crippen LogP contribution is -2.22. The van der Waals surface area contributed by atoms with Crippen molar-refractivity contribution in [3.63, 3.8) is 0 Å². The summed E-state index contributed by atoms with van der Waals surface area (Å²) in [5.74, 6) is -0.0451. The zero-order chi connectivity index (χ0) is 19.3. The first-order chi connectivity index (χ1) is 12.4. The molecular weight excluding hydrogens is 340 g/mol. The second-order valence-corrected chi connectivity index (χ2v) is 5.57. The summed E-state index contributed by atoms with van der Waals surface area (Å²) in [5, 5.41) is 3.47. The second-order valence-electron chi connectivity index (χ2n) is 5.57. The Bertz CT molecular complexity index is 840. The van der Waals surface area contributed by atoms with E-state index in [0.29, 0.717) is 24.2 Å². The van der Waals surface area contributed by atoms with Crippen LogP contribution in [-0.4, -0.2) is 42.8 Å². The van der Waals surface area contributed by atoms with E-state index in [1.807, 2.05) is 0 Å². The van der Waals surface area contributed by atoms with Crippen LogP contribution in [0.25, 0.3) is 10.9 Å².